The highest BCUT2D eigenvalue weighted by molar-refractivity contribution is 5.61. The second kappa shape index (κ2) is 9.42. The zero-order valence-corrected chi connectivity index (χ0v) is 19.4. The molecule has 3 heteroatoms. The lowest BCUT2D eigenvalue weighted by atomic mass is 9.93. The van der Waals surface area contributed by atoms with E-state index >= 15 is 0 Å². The molecule has 2 aromatic rings. The first-order valence-electron chi connectivity index (χ1n) is 11.6. The molecule has 0 spiro atoms. The molecule has 3 nitrogen and oxygen atoms in total. The Balaban J connectivity index is 1.72. The molecule has 2 aliphatic heterocycles. The molecule has 0 amide bonds. The molecular formula is C28H37N3. The number of likely N-dealkylation sites (tertiary alicyclic amines) is 1. The molecule has 2 heterocycles. The average molecular weight is 416 g/mol. The highest BCUT2D eigenvalue weighted by Crippen LogP contribution is 2.41. The fourth-order valence-corrected chi connectivity index (χ4v) is 5.44. The van der Waals surface area contributed by atoms with Crippen molar-refractivity contribution < 1.29 is 0 Å². The third-order valence-electron chi connectivity index (χ3n) is 7.07. The SMILES string of the molecule is C=CCN1CCC2CCC(C1)N2C(c1ccc(C(=C)N(C)C)cc1)c1cccc(C)c1. The molecule has 2 aromatic carbocycles. The van der Waals surface area contributed by atoms with Crippen molar-refractivity contribution in [2.24, 2.45) is 0 Å². The van der Waals surface area contributed by atoms with Gasteiger partial charge >= 0.3 is 0 Å². The molecule has 3 atom stereocenters. The van der Waals surface area contributed by atoms with Crippen LogP contribution in [-0.4, -0.2) is 60.5 Å². The van der Waals surface area contributed by atoms with Gasteiger partial charge in [-0.3, -0.25) is 9.80 Å². The van der Waals surface area contributed by atoms with Crippen LogP contribution in [0, 0.1) is 6.92 Å². The first-order chi connectivity index (χ1) is 15.0. The fraction of sp³-hybridized carbons (Fsp3) is 0.429. The van der Waals surface area contributed by atoms with Crippen molar-refractivity contribution in [2.75, 3.05) is 33.7 Å². The monoisotopic (exact) mass is 415 g/mol. The summed E-state index contributed by atoms with van der Waals surface area (Å²) in [6.45, 7) is 13.7. The van der Waals surface area contributed by atoms with Gasteiger partial charge in [-0.1, -0.05) is 66.7 Å². The van der Waals surface area contributed by atoms with E-state index in [1.54, 1.807) is 0 Å². The molecule has 0 saturated carbocycles. The third kappa shape index (κ3) is 4.63. The van der Waals surface area contributed by atoms with Gasteiger partial charge in [0.15, 0.2) is 0 Å². The molecular weight excluding hydrogens is 378 g/mol. The minimum Gasteiger partial charge on any atom is -0.378 e. The van der Waals surface area contributed by atoms with Gasteiger partial charge in [0, 0.05) is 51.5 Å². The van der Waals surface area contributed by atoms with E-state index in [-0.39, 0.29) is 0 Å². The molecule has 164 valence electrons. The van der Waals surface area contributed by atoms with Crippen molar-refractivity contribution in [3.63, 3.8) is 0 Å². The minimum atomic E-state index is 0.294. The zero-order valence-electron chi connectivity index (χ0n) is 19.4. The van der Waals surface area contributed by atoms with E-state index in [0.29, 0.717) is 18.1 Å². The molecule has 0 aliphatic carbocycles. The lowest BCUT2D eigenvalue weighted by Crippen LogP contribution is -2.42. The molecule has 31 heavy (non-hydrogen) atoms. The second-order valence-corrected chi connectivity index (χ2v) is 9.45. The largest absolute Gasteiger partial charge is 0.378 e. The number of rotatable bonds is 7. The van der Waals surface area contributed by atoms with Crippen LogP contribution in [0.2, 0.25) is 0 Å². The van der Waals surface area contributed by atoms with Crippen molar-refractivity contribution in [3.8, 4) is 0 Å². The van der Waals surface area contributed by atoms with Crippen LogP contribution in [0.1, 0.15) is 47.6 Å². The minimum absolute atomic E-state index is 0.294. The van der Waals surface area contributed by atoms with Crippen LogP contribution in [-0.2, 0) is 0 Å². The van der Waals surface area contributed by atoms with Crippen LogP contribution >= 0.6 is 0 Å². The maximum absolute atomic E-state index is 4.23. The Morgan fingerprint density at radius 3 is 2.48 bits per heavy atom. The van der Waals surface area contributed by atoms with Crippen LogP contribution in [0.15, 0.2) is 67.8 Å². The maximum Gasteiger partial charge on any atom is 0.0607 e. The first kappa shape index (κ1) is 21.9. The van der Waals surface area contributed by atoms with Crippen molar-refractivity contribution in [3.05, 3.63) is 90.0 Å². The van der Waals surface area contributed by atoms with Gasteiger partial charge in [0.05, 0.1) is 6.04 Å². The molecule has 0 N–H and O–H groups in total. The zero-order chi connectivity index (χ0) is 22.0. The Kier molecular flexibility index (Phi) is 6.64. The lowest BCUT2D eigenvalue weighted by molar-refractivity contribution is 0.150. The predicted molar refractivity (Wildman–Crippen MR) is 132 cm³/mol. The van der Waals surface area contributed by atoms with Gasteiger partial charge in [0.25, 0.3) is 0 Å². The highest BCUT2D eigenvalue weighted by Gasteiger charge is 2.41. The van der Waals surface area contributed by atoms with Crippen LogP contribution in [0.5, 0.6) is 0 Å². The summed E-state index contributed by atoms with van der Waals surface area (Å²) in [7, 11) is 4.10. The summed E-state index contributed by atoms with van der Waals surface area (Å²) < 4.78 is 0. The Bertz CT molecular complexity index is 914. The van der Waals surface area contributed by atoms with Gasteiger partial charge in [-0.05, 0) is 42.9 Å². The van der Waals surface area contributed by atoms with Crippen LogP contribution in [0.4, 0.5) is 0 Å². The summed E-state index contributed by atoms with van der Waals surface area (Å²) in [5.74, 6) is 0. The van der Waals surface area contributed by atoms with Crippen LogP contribution < -0.4 is 0 Å². The summed E-state index contributed by atoms with van der Waals surface area (Å²) >= 11 is 0. The molecule has 0 radical (unpaired) electrons. The first-order valence-corrected chi connectivity index (χ1v) is 11.6. The summed E-state index contributed by atoms with van der Waals surface area (Å²) in [6.07, 6.45) is 5.89. The van der Waals surface area contributed by atoms with Crippen LogP contribution in [0.3, 0.4) is 0 Å². The van der Waals surface area contributed by atoms with Gasteiger partial charge in [-0.25, -0.2) is 0 Å². The number of aryl methyl sites for hydroxylation is 1. The van der Waals surface area contributed by atoms with Crippen molar-refractivity contribution in [2.45, 2.75) is 44.3 Å². The highest BCUT2D eigenvalue weighted by atomic mass is 15.3. The molecule has 3 unspecified atom stereocenters. The summed E-state index contributed by atoms with van der Waals surface area (Å²) in [6, 6.07) is 19.8. The van der Waals surface area contributed by atoms with Crippen molar-refractivity contribution in [1.29, 1.82) is 0 Å². The summed E-state index contributed by atoms with van der Waals surface area (Å²) in [5, 5.41) is 0. The topological polar surface area (TPSA) is 9.72 Å². The molecule has 2 bridgehead atoms. The maximum atomic E-state index is 4.23. The Morgan fingerprint density at radius 1 is 1.06 bits per heavy atom. The molecule has 4 rings (SSSR count). The average Bonchev–Trinajstić information content (AvgIpc) is 3.04. The number of hydrogen-bond acceptors (Lipinski definition) is 3. The normalized spacial score (nSPS) is 22.7. The molecule has 2 saturated heterocycles. The number of hydrogen-bond donors (Lipinski definition) is 0. The molecule has 0 aromatic heterocycles. The van der Waals surface area contributed by atoms with Gasteiger partial charge in [0.2, 0.25) is 0 Å². The smallest absolute Gasteiger partial charge is 0.0607 e. The third-order valence-corrected chi connectivity index (χ3v) is 7.07. The Morgan fingerprint density at radius 2 is 1.81 bits per heavy atom. The van der Waals surface area contributed by atoms with Crippen molar-refractivity contribution >= 4 is 5.70 Å². The van der Waals surface area contributed by atoms with E-state index in [9.17, 15) is 0 Å². The predicted octanol–water partition coefficient (Wildman–Crippen LogP) is 5.34. The summed E-state index contributed by atoms with van der Waals surface area (Å²) in [4.78, 5) is 7.51. The number of benzene rings is 2. The second-order valence-electron chi connectivity index (χ2n) is 9.45. The van der Waals surface area contributed by atoms with Crippen LogP contribution in [0.25, 0.3) is 5.70 Å². The lowest BCUT2D eigenvalue weighted by Gasteiger charge is -2.37. The van der Waals surface area contributed by atoms with E-state index in [1.165, 1.54) is 48.1 Å². The molecule has 2 aliphatic rings. The van der Waals surface area contributed by atoms with E-state index in [4.69, 9.17) is 0 Å². The van der Waals surface area contributed by atoms with E-state index in [1.807, 2.05) is 0 Å². The fourth-order valence-electron chi connectivity index (χ4n) is 5.44. The van der Waals surface area contributed by atoms with Gasteiger partial charge < -0.3 is 4.90 Å². The van der Waals surface area contributed by atoms with Gasteiger partial charge in [-0.15, -0.1) is 6.58 Å². The summed E-state index contributed by atoms with van der Waals surface area (Å²) in [5.41, 5.74) is 6.36. The number of fused-ring (bicyclic) bond motifs is 2. The molecule has 2 fully saturated rings. The standard InChI is InChI=1S/C28H37N3/c1-6-17-30-18-16-26-14-15-27(20-30)31(26)28(25-9-7-8-21(2)19-25)24-12-10-23(11-13-24)22(3)29(4)5/h6-13,19,26-28H,1,3,14-18,20H2,2,4-5H3. The number of nitrogens with zero attached hydrogens (tertiary/aromatic N) is 3. The Labute approximate surface area is 188 Å². The van der Waals surface area contributed by atoms with Gasteiger partial charge in [0.1, 0.15) is 0 Å². The Hall–Kier alpha value is -2.36. The quantitative estimate of drug-likeness (QED) is 0.565. The van der Waals surface area contributed by atoms with E-state index in [0.717, 1.165) is 18.8 Å². The van der Waals surface area contributed by atoms with E-state index < -0.39 is 0 Å². The van der Waals surface area contributed by atoms with E-state index in [2.05, 4.69) is 103 Å². The van der Waals surface area contributed by atoms with Gasteiger partial charge in [-0.2, -0.15) is 0 Å². The van der Waals surface area contributed by atoms with Crippen molar-refractivity contribution in [1.82, 2.24) is 14.7 Å².